The van der Waals surface area contributed by atoms with Crippen LogP contribution >= 0.6 is 0 Å². The van der Waals surface area contributed by atoms with Crippen LogP contribution in [0.4, 0.5) is 18.0 Å². The van der Waals surface area contributed by atoms with Gasteiger partial charge in [-0.15, -0.1) is 0 Å². The lowest BCUT2D eigenvalue weighted by Crippen LogP contribution is -2.58. The number of allylic oxidation sites excluding steroid dienone is 1. The summed E-state index contributed by atoms with van der Waals surface area (Å²) in [4.78, 5) is 34.0. The molecule has 2 aliphatic heterocycles. The van der Waals surface area contributed by atoms with Crippen molar-refractivity contribution in [2.24, 2.45) is 15.8 Å². The maximum absolute atomic E-state index is 14.4. The molecule has 1 unspecified atom stereocenters. The average molecular weight is 511 g/mol. The fourth-order valence-corrected chi connectivity index (χ4v) is 3.97. The Morgan fingerprint density at radius 3 is 2.54 bits per heavy atom. The molecule has 0 bridgehead atoms. The van der Waals surface area contributed by atoms with Gasteiger partial charge in [0.1, 0.15) is 23.8 Å². The smallest absolute Gasteiger partial charge is 0.341 e. The molecule has 0 spiro atoms. The SMILES string of the molecule is CN=C(C(=CN)C(=O)C#N)c1cc(OC2CN(C(=O)N3N=CCC3c3cc(F)cc(F)c3)C2)c(F)cn1. The highest BCUT2D eigenvalue weighted by molar-refractivity contribution is 6.31. The van der Waals surface area contributed by atoms with E-state index in [1.807, 2.05) is 0 Å². The number of hydrogen-bond acceptors (Lipinski definition) is 8. The van der Waals surface area contributed by atoms with Crippen molar-refractivity contribution in [3.63, 3.8) is 0 Å². The second kappa shape index (κ2) is 10.5. The molecule has 13 heteroatoms. The molecule has 2 aromatic rings. The Kier molecular flexibility index (Phi) is 7.19. The summed E-state index contributed by atoms with van der Waals surface area (Å²) in [6, 6.07) is 4.56. The van der Waals surface area contributed by atoms with Gasteiger partial charge in [0, 0.05) is 38.0 Å². The van der Waals surface area contributed by atoms with Crippen molar-refractivity contribution < 1.29 is 27.5 Å². The van der Waals surface area contributed by atoms with E-state index in [1.54, 1.807) is 0 Å². The number of hydrogen-bond donors (Lipinski definition) is 1. The topological polar surface area (TPSA) is 137 Å². The van der Waals surface area contributed by atoms with Gasteiger partial charge in [-0.05, 0) is 17.7 Å². The lowest BCUT2D eigenvalue weighted by atomic mass is 10.0. The summed E-state index contributed by atoms with van der Waals surface area (Å²) in [5.41, 5.74) is 5.58. The third-order valence-corrected chi connectivity index (χ3v) is 5.76. The van der Waals surface area contributed by atoms with Gasteiger partial charge in [-0.1, -0.05) is 0 Å². The Bertz CT molecular complexity index is 1360. The van der Waals surface area contributed by atoms with E-state index in [2.05, 4.69) is 15.1 Å². The number of Topliss-reactive ketones (excluding diaryl/α,β-unsaturated/α-hetero) is 1. The van der Waals surface area contributed by atoms with E-state index in [0.29, 0.717) is 6.42 Å². The van der Waals surface area contributed by atoms with Crippen LogP contribution in [-0.4, -0.2) is 64.9 Å². The van der Waals surface area contributed by atoms with Crippen molar-refractivity contribution in [2.75, 3.05) is 20.1 Å². The molecule has 0 aliphatic carbocycles. The third-order valence-electron chi connectivity index (χ3n) is 5.76. The third kappa shape index (κ3) is 5.13. The van der Waals surface area contributed by atoms with Gasteiger partial charge >= 0.3 is 6.03 Å². The Balaban J connectivity index is 1.43. The number of aromatic nitrogens is 1. The predicted molar refractivity (Wildman–Crippen MR) is 125 cm³/mol. The van der Waals surface area contributed by atoms with E-state index < -0.39 is 41.4 Å². The molecule has 3 heterocycles. The van der Waals surface area contributed by atoms with Crippen molar-refractivity contribution >= 4 is 23.7 Å². The summed E-state index contributed by atoms with van der Waals surface area (Å²) in [6.07, 6.45) is 3.01. The van der Waals surface area contributed by atoms with E-state index in [9.17, 15) is 22.8 Å². The molecule has 1 atom stereocenters. The number of benzene rings is 1. The van der Waals surface area contributed by atoms with Crippen LogP contribution in [-0.2, 0) is 4.79 Å². The molecule has 2 aliphatic rings. The molecule has 1 fully saturated rings. The van der Waals surface area contributed by atoms with Crippen LogP contribution in [0.3, 0.4) is 0 Å². The Labute approximate surface area is 209 Å². The number of urea groups is 1. The largest absolute Gasteiger partial charge is 0.483 e. The number of ketones is 1. The lowest BCUT2D eigenvalue weighted by Gasteiger charge is -2.41. The summed E-state index contributed by atoms with van der Waals surface area (Å²) in [6.45, 7) is 0.198. The zero-order valence-corrected chi connectivity index (χ0v) is 19.4. The molecular formula is C24H20F3N7O3. The van der Waals surface area contributed by atoms with E-state index in [1.165, 1.54) is 30.3 Å². The minimum absolute atomic E-state index is 0.0176. The first-order valence-electron chi connectivity index (χ1n) is 11.0. The second-order valence-electron chi connectivity index (χ2n) is 8.12. The van der Waals surface area contributed by atoms with Crippen LogP contribution in [0.25, 0.3) is 0 Å². The number of likely N-dealkylation sites (tertiary alicyclic amines) is 1. The monoisotopic (exact) mass is 511 g/mol. The quantitative estimate of drug-likeness (QED) is 0.359. The van der Waals surface area contributed by atoms with Crippen molar-refractivity contribution in [1.82, 2.24) is 14.9 Å². The number of hydrazone groups is 1. The minimum Gasteiger partial charge on any atom is -0.483 e. The standard InChI is InChI=1S/C24H20F3N7O3/c1-30-23(17(8-28)21(35)9-29)19-7-22(18(27)10-31-19)37-16-11-33(12-16)24(36)34-20(2-3-32-34)13-4-14(25)6-15(26)5-13/h3-8,10,16,20H,2,11-12,28H2,1H3. The number of amides is 2. The average Bonchev–Trinajstić information content (AvgIpc) is 3.34. The van der Waals surface area contributed by atoms with Crippen LogP contribution in [0.15, 0.2) is 52.3 Å². The molecule has 1 saturated heterocycles. The summed E-state index contributed by atoms with van der Waals surface area (Å²) in [7, 11) is 1.36. The molecule has 1 aromatic heterocycles. The van der Waals surface area contributed by atoms with Crippen molar-refractivity contribution in [1.29, 1.82) is 5.26 Å². The second-order valence-corrected chi connectivity index (χ2v) is 8.12. The highest BCUT2D eigenvalue weighted by atomic mass is 19.1. The molecule has 0 radical (unpaired) electrons. The number of carbonyl (C=O) groups is 2. The van der Waals surface area contributed by atoms with Crippen molar-refractivity contribution in [3.8, 4) is 11.8 Å². The first-order chi connectivity index (χ1) is 17.7. The minimum atomic E-state index is -0.936. The zero-order chi connectivity index (χ0) is 26.7. The Hall–Kier alpha value is -4.73. The van der Waals surface area contributed by atoms with Gasteiger partial charge in [-0.25, -0.2) is 23.0 Å². The summed E-state index contributed by atoms with van der Waals surface area (Å²) >= 11 is 0. The van der Waals surface area contributed by atoms with E-state index in [-0.39, 0.29) is 41.4 Å². The molecule has 2 N–H and O–H groups in total. The number of nitrogens with zero attached hydrogens (tertiary/aromatic N) is 6. The highest BCUT2D eigenvalue weighted by Crippen LogP contribution is 2.32. The van der Waals surface area contributed by atoms with E-state index in [4.69, 9.17) is 15.7 Å². The predicted octanol–water partition coefficient (Wildman–Crippen LogP) is 2.47. The Morgan fingerprint density at radius 1 is 1.22 bits per heavy atom. The van der Waals surface area contributed by atoms with Crippen molar-refractivity contribution in [3.05, 3.63) is 70.9 Å². The Morgan fingerprint density at radius 2 is 1.92 bits per heavy atom. The molecule has 1 aromatic carbocycles. The number of nitriles is 1. The van der Waals surface area contributed by atoms with Crippen LogP contribution in [0.1, 0.15) is 23.7 Å². The fourth-order valence-electron chi connectivity index (χ4n) is 3.97. The van der Waals surface area contributed by atoms with Crippen LogP contribution in [0, 0.1) is 28.8 Å². The number of carbonyl (C=O) groups excluding carboxylic acids is 2. The molecule has 0 saturated carbocycles. The molecule has 4 rings (SSSR count). The van der Waals surface area contributed by atoms with Gasteiger partial charge in [-0.3, -0.25) is 14.8 Å². The lowest BCUT2D eigenvalue weighted by molar-refractivity contribution is -0.110. The van der Waals surface area contributed by atoms with Gasteiger partial charge in [-0.2, -0.15) is 10.4 Å². The first kappa shape index (κ1) is 25.4. The highest BCUT2D eigenvalue weighted by Gasteiger charge is 2.39. The number of aliphatic imine (C=N–C) groups is 1. The van der Waals surface area contributed by atoms with Crippen molar-refractivity contribution in [2.45, 2.75) is 18.6 Å². The summed E-state index contributed by atoms with van der Waals surface area (Å²) in [5.74, 6) is -3.43. The number of halogens is 3. The number of nitrogens with two attached hydrogens (primary N) is 1. The number of pyridine rings is 1. The van der Waals surface area contributed by atoms with Gasteiger partial charge in [0.25, 0.3) is 5.78 Å². The van der Waals surface area contributed by atoms with Crippen LogP contribution in [0.2, 0.25) is 0 Å². The van der Waals surface area contributed by atoms with Gasteiger partial charge in [0.05, 0.1) is 42.3 Å². The fraction of sp³-hybridized carbons (Fsp3) is 0.250. The van der Waals surface area contributed by atoms with Gasteiger partial charge < -0.3 is 15.4 Å². The molecule has 2 amide bonds. The molecular weight excluding hydrogens is 491 g/mol. The maximum atomic E-state index is 14.4. The van der Waals surface area contributed by atoms with E-state index >= 15 is 0 Å². The maximum Gasteiger partial charge on any atom is 0.341 e. The summed E-state index contributed by atoms with van der Waals surface area (Å²) < 4.78 is 47.4. The first-order valence-corrected chi connectivity index (χ1v) is 11.0. The van der Waals surface area contributed by atoms with Crippen LogP contribution in [0.5, 0.6) is 5.75 Å². The summed E-state index contributed by atoms with van der Waals surface area (Å²) in [5, 5.41) is 14.1. The van der Waals surface area contributed by atoms with Gasteiger partial charge in [0.2, 0.25) is 0 Å². The van der Waals surface area contributed by atoms with E-state index in [0.717, 1.165) is 35.6 Å². The molecule has 190 valence electrons. The normalized spacial score (nSPS) is 18.0. The number of ether oxygens (including phenoxy) is 1. The van der Waals surface area contributed by atoms with Gasteiger partial charge in [0.15, 0.2) is 11.6 Å². The molecule has 10 nitrogen and oxygen atoms in total. The van der Waals surface area contributed by atoms with Crippen LogP contribution < -0.4 is 10.5 Å². The molecule has 37 heavy (non-hydrogen) atoms. The number of rotatable bonds is 6. The zero-order valence-electron chi connectivity index (χ0n) is 19.4.